The lowest BCUT2D eigenvalue weighted by molar-refractivity contribution is 0.339. The summed E-state index contributed by atoms with van der Waals surface area (Å²) in [4.78, 5) is 0. The quantitative estimate of drug-likeness (QED) is 0.801. The number of ether oxygens (including phenoxy) is 1. The number of hydrogen-bond acceptors (Lipinski definition) is 2. The van der Waals surface area contributed by atoms with Gasteiger partial charge in [0.15, 0.2) is 0 Å². The second-order valence-electron chi connectivity index (χ2n) is 6.09. The zero-order chi connectivity index (χ0) is 13.2. The van der Waals surface area contributed by atoms with Gasteiger partial charge in [-0.15, -0.1) is 0 Å². The van der Waals surface area contributed by atoms with Crippen molar-refractivity contribution in [2.75, 3.05) is 6.61 Å². The van der Waals surface area contributed by atoms with Crippen molar-refractivity contribution in [3.8, 4) is 5.75 Å². The van der Waals surface area contributed by atoms with Crippen molar-refractivity contribution in [1.82, 2.24) is 5.32 Å². The standard InChI is InChI=1S/C17H25NO/c1-3-19-16-10-8-13(9-11-16)12(2)18-17(14-4-5-14)15-6-7-15/h8-12,14-15,17-18H,3-7H2,1-2H3. The summed E-state index contributed by atoms with van der Waals surface area (Å²) in [5.41, 5.74) is 1.37. The average Bonchev–Trinajstić information content (AvgIpc) is 3.30. The van der Waals surface area contributed by atoms with Gasteiger partial charge in [0, 0.05) is 12.1 Å². The smallest absolute Gasteiger partial charge is 0.119 e. The number of benzene rings is 1. The van der Waals surface area contributed by atoms with Crippen LogP contribution in [0.3, 0.4) is 0 Å². The van der Waals surface area contributed by atoms with Crippen molar-refractivity contribution >= 4 is 0 Å². The first-order valence-corrected chi connectivity index (χ1v) is 7.76. The Labute approximate surface area is 116 Å². The van der Waals surface area contributed by atoms with E-state index in [1.54, 1.807) is 0 Å². The van der Waals surface area contributed by atoms with Gasteiger partial charge in [0.05, 0.1) is 6.61 Å². The van der Waals surface area contributed by atoms with Gasteiger partial charge >= 0.3 is 0 Å². The van der Waals surface area contributed by atoms with E-state index in [2.05, 4.69) is 36.5 Å². The van der Waals surface area contributed by atoms with Crippen LogP contribution in [-0.2, 0) is 0 Å². The summed E-state index contributed by atoms with van der Waals surface area (Å²) in [7, 11) is 0. The molecule has 1 unspecified atom stereocenters. The molecule has 0 radical (unpaired) electrons. The van der Waals surface area contributed by atoms with Crippen LogP contribution in [0.2, 0.25) is 0 Å². The van der Waals surface area contributed by atoms with Gasteiger partial charge in [-0.25, -0.2) is 0 Å². The van der Waals surface area contributed by atoms with Gasteiger partial charge in [0.2, 0.25) is 0 Å². The summed E-state index contributed by atoms with van der Waals surface area (Å²) >= 11 is 0. The van der Waals surface area contributed by atoms with E-state index in [9.17, 15) is 0 Å². The third-order valence-electron chi connectivity index (χ3n) is 4.39. The normalized spacial score (nSPS) is 20.6. The molecule has 1 atom stereocenters. The van der Waals surface area contributed by atoms with E-state index in [-0.39, 0.29) is 0 Å². The average molecular weight is 259 g/mol. The maximum Gasteiger partial charge on any atom is 0.119 e. The predicted molar refractivity (Wildman–Crippen MR) is 78.4 cm³/mol. The van der Waals surface area contributed by atoms with Gasteiger partial charge in [0.1, 0.15) is 5.75 Å². The third-order valence-corrected chi connectivity index (χ3v) is 4.39. The van der Waals surface area contributed by atoms with E-state index in [4.69, 9.17) is 4.74 Å². The van der Waals surface area contributed by atoms with Crippen molar-refractivity contribution < 1.29 is 4.74 Å². The molecule has 0 heterocycles. The minimum atomic E-state index is 0.446. The van der Waals surface area contributed by atoms with Crippen LogP contribution in [0.5, 0.6) is 5.75 Å². The van der Waals surface area contributed by atoms with E-state index < -0.39 is 0 Å². The van der Waals surface area contributed by atoms with Crippen LogP contribution in [-0.4, -0.2) is 12.6 Å². The van der Waals surface area contributed by atoms with Crippen LogP contribution in [0.15, 0.2) is 24.3 Å². The highest BCUT2D eigenvalue weighted by Gasteiger charge is 2.41. The molecule has 2 nitrogen and oxygen atoms in total. The Bertz CT molecular complexity index is 394. The molecule has 1 aromatic carbocycles. The van der Waals surface area contributed by atoms with Crippen molar-refractivity contribution in [1.29, 1.82) is 0 Å². The first kappa shape index (κ1) is 13.0. The Morgan fingerprint density at radius 2 is 1.68 bits per heavy atom. The van der Waals surface area contributed by atoms with E-state index >= 15 is 0 Å². The fourth-order valence-corrected chi connectivity index (χ4v) is 2.97. The van der Waals surface area contributed by atoms with Gasteiger partial charge in [-0.05, 0) is 69.1 Å². The lowest BCUT2D eigenvalue weighted by Crippen LogP contribution is -2.35. The fourth-order valence-electron chi connectivity index (χ4n) is 2.97. The zero-order valence-corrected chi connectivity index (χ0v) is 12.1. The molecule has 1 N–H and O–H groups in total. The Kier molecular flexibility index (Phi) is 3.79. The van der Waals surface area contributed by atoms with Crippen molar-refractivity contribution in [2.24, 2.45) is 11.8 Å². The monoisotopic (exact) mass is 259 g/mol. The van der Waals surface area contributed by atoms with Crippen LogP contribution in [0.1, 0.15) is 51.1 Å². The van der Waals surface area contributed by atoms with E-state index in [1.165, 1.54) is 31.2 Å². The van der Waals surface area contributed by atoms with Gasteiger partial charge in [-0.1, -0.05) is 12.1 Å². The molecule has 2 aliphatic rings. The van der Waals surface area contributed by atoms with Crippen molar-refractivity contribution in [3.05, 3.63) is 29.8 Å². The Morgan fingerprint density at radius 3 is 2.16 bits per heavy atom. The zero-order valence-electron chi connectivity index (χ0n) is 12.1. The molecule has 0 amide bonds. The van der Waals surface area contributed by atoms with Crippen molar-refractivity contribution in [3.63, 3.8) is 0 Å². The maximum atomic E-state index is 5.50. The first-order valence-electron chi connectivity index (χ1n) is 7.76. The minimum absolute atomic E-state index is 0.446. The van der Waals surface area contributed by atoms with E-state index in [1.807, 2.05) is 6.92 Å². The highest BCUT2D eigenvalue weighted by Crippen LogP contribution is 2.45. The van der Waals surface area contributed by atoms with E-state index in [0.717, 1.165) is 30.2 Å². The summed E-state index contributed by atoms with van der Waals surface area (Å²) in [6.45, 7) is 5.04. The predicted octanol–water partition coefficient (Wildman–Crippen LogP) is 3.92. The summed E-state index contributed by atoms with van der Waals surface area (Å²) in [5.74, 6) is 2.88. The summed E-state index contributed by atoms with van der Waals surface area (Å²) in [5, 5.41) is 3.87. The molecule has 2 aliphatic carbocycles. The lowest BCUT2D eigenvalue weighted by Gasteiger charge is -2.23. The van der Waals surface area contributed by atoms with Gasteiger partial charge < -0.3 is 10.1 Å². The third kappa shape index (κ3) is 3.30. The second-order valence-corrected chi connectivity index (χ2v) is 6.09. The molecule has 0 bridgehead atoms. The molecule has 19 heavy (non-hydrogen) atoms. The van der Waals surface area contributed by atoms with Crippen LogP contribution in [0.25, 0.3) is 0 Å². The SMILES string of the molecule is CCOc1ccc(C(C)NC(C2CC2)C2CC2)cc1. The molecule has 2 heteroatoms. The second kappa shape index (κ2) is 5.54. The fraction of sp³-hybridized carbons (Fsp3) is 0.647. The molecule has 0 spiro atoms. The topological polar surface area (TPSA) is 21.3 Å². The lowest BCUT2D eigenvalue weighted by atomic mass is 10.0. The molecule has 2 saturated carbocycles. The number of nitrogens with one attached hydrogen (secondary N) is 1. The first-order chi connectivity index (χ1) is 9.28. The summed E-state index contributed by atoms with van der Waals surface area (Å²) < 4.78 is 5.50. The molecule has 104 valence electrons. The minimum Gasteiger partial charge on any atom is -0.494 e. The highest BCUT2D eigenvalue weighted by molar-refractivity contribution is 5.29. The van der Waals surface area contributed by atoms with Crippen LogP contribution in [0, 0.1) is 11.8 Å². The molecule has 2 fully saturated rings. The van der Waals surface area contributed by atoms with Crippen LogP contribution >= 0.6 is 0 Å². The molecular formula is C17H25NO. The Morgan fingerprint density at radius 1 is 1.11 bits per heavy atom. The number of rotatable bonds is 7. The molecule has 0 aromatic heterocycles. The molecular weight excluding hydrogens is 234 g/mol. The Hall–Kier alpha value is -1.02. The maximum absolute atomic E-state index is 5.50. The summed E-state index contributed by atoms with van der Waals surface area (Å²) in [6.07, 6.45) is 5.74. The van der Waals surface area contributed by atoms with Crippen LogP contribution < -0.4 is 10.1 Å². The van der Waals surface area contributed by atoms with Gasteiger partial charge in [-0.3, -0.25) is 0 Å². The summed E-state index contributed by atoms with van der Waals surface area (Å²) in [6, 6.07) is 9.77. The van der Waals surface area contributed by atoms with Gasteiger partial charge in [0.25, 0.3) is 0 Å². The molecule has 0 saturated heterocycles. The molecule has 1 aromatic rings. The molecule has 3 rings (SSSR count). The number of hydrogen-bond donors (Lipinski definition) is 1. The largest absolute Gasteiger partial charge is 0.494 e. The van der Waals surface area contributed by atoms with Crippen molar-refractivity contribution in [2.45, 2.75) is 51.6 Å². The molecule has 0 aliphatic heterocycles. The van der Waals surface area contributed by atoms with Crippen LogP contribution in [0.4, 0.5) is 0 Å². The van der Waals surface area contributed by atoms with E-state index in [0.29, 0.717) is 6.04 Å². The highest BCUT2D eigenvalue weighted by atomic mass is 16.5. The Balaban J connectivity index is 1.60. The van der Waals surface area contributed by atoms with Gasteiger partial charge in [-0.2, -0.15) is 0 Å².